The molecular weight excluding hydrogens is 368 g/mol. The van der Waals surface area contributed by atoms with E-state index in [-0.39, 0.29) is 0 Å². The fourth-order valence-electron chi connectivity index (χ4n) is 3.36. The number of carbonyl (C=O) groups is 3. The van der Waals surface area contributed by atoms with Crippen molar-refractivity contribution in [3.63, 3.8) is 0 Å². The first-order valence-electron chi connectivity index (χ1n) is 9.02. The van der Waals surface area contributed by atoms with Crippen LogP contribution in [0, 0.1) is 5.92 Å². The highest BCUT2D eigenvalue weighted by molar-refractivity contribution is 6.07. The lowest BCUT2D eigenvalue weighted by molar-refractivity contribution is -0.138. The molecule has 28 heavy (non-hydrogen) atoms. The Bertz CT molecular complexity index is 925. The third-order valence-electron chi connectivity index (χ3n) is 4.78. The molecule has 0 spiro atoms. The van der Waals surface area contributed by atoms with Gasteiger partial charge in [-0.05, 0) is 12.1 Å². The van der Waals surface area contributed by atoms with Gasteiger partial charge in [-0.2, -0.15) is 0 Å². The van der Waals surface area contributed by atoms with Crippen LogP contribution in [0.2, 0.25) is 0 Å². The van der Waals surface area contributed by atoms with Gasteiger partial charge in [0.05, 0.1) is 30.2 Å². The number of rotatable bonds is 5. The molecule has 148 valence electrons. The molecule has 1 aromatic heterocycles. The van der Waals surface area contributed by atoms with Crippen LogP contribution >= 0.6 is 0 Å². The minimum Gasteiger partial charge on any atom is -0.343 e. The average molecular weight is 389 g/mol. The molecule has 1 aliphatic heterocycles. The molecule has 2 heterocycles. The predicted octanol–water partition coefficient (Wildman–Crippen LogP) is 2.43. The van der Waals surface area contributed by atoms with E-state index in [4.69, 9.17) is 0 Å². The maximum atomic E-state index is 13.8. The number of amides is 2. The van der Waals surface area contributed by atoms with Crippen LogP contribution in [0.15, 0.2) is 36.5 Å². The summed E-state index contributed by atoms with van der Waals surface area (Å²) in [6, 6.07) is 7.40. The highest BCUT2D eigenvalue weighted by atomic mass is 19.3. The Morgan fingerprint density at radius 2 is 1.96 bits per heavy atom. The van der Waals surface area contributed by atoms with Gasteiger partial charge in [0.15, 0.2) is 5.78 Å². The van der Waals surface area contributed by atoms with Gasteiger partial charge in [-0.1, -0.05) is 32.0 Å². The molecule has 1 aromatic carbocycles. The van der Waals surface area contributed by atoms with Crippen molar-refractivity contribution in [2.75, 3.05) is 13.1 Å². The lowest BCUT2D eigenvalue weighted by Crippen LogP contribution is -2.46. The van der Waals surface area contributed by atoms with Gasteiger partial charge >= 0.3 is 0 Å². The largest absolute Gasteiger partial charge is 0.343 e. The van der Waals surface area contributed by atoms with E-state index in [0.717, 1.165) is 4.90 Å². The van der Waals surface area contributed by atoms with Crippen molar-refractivity contribution in [3.8, 4) is 0 Å². The van der Waals surface area contributed by atoms with Gasteiger partial charge in [-0.25, -0.2) is 8.78 Å². The summed E-state index contributed by atoms with van der Waals surface area (Å²) >= 11 is 0. The van der Waals surface area contributed by atoms with Crippen molar-refractivity contribution in [1.82, 2.24) is 15.2 Å². The lowest BCUT2D eigenvalue weighted by atomic mass is 9.99. The average Bonchev–Trinajstić information content (AvgIpc) is 3.00. The van der Waals surface area contributed by atoms with Crippen LogP contribution in [0.4, 0.5) is 8.78 Å². The summed E-state index contributed by atoms with van der Waals surface area (Å²) in [6.45, 7) is 1.94. The van der Waals surface area contributed by atoms with E-state index in [1.807, 2.05) is 0 Å². The number of pyridine rings is 1. The van der Waals surface area contributed by atoms with Crippen LogP contribution in [0.25, 0.3) is 10.9 Å². The second kappa shape index (κ2) is 7.61. The highest BCUT2D eigenvalue weighted by Gasteiger charge is 2.49. The summed E-state index contributed by atoms with van der Waals surface area (Å²) in [5, 5.41) is 3.09. The van der Waals surface area contributed by atoms with Gasteiger partial charge in [0.2, 0.25) is 5.91 Å². The predicted molar refractivity (Wildman–Crippen MR) is 99.0 cm³/mol. The summed E-state index contributed by atoms with van der Waals surface area (Å²) in [6.07, 6.45) is 0.802. The summed E-state index contributed by atoms with van der Waals surface area (Å²) in [5.74, 6) is -5.20. The van der Waals surface area contributed by atoms with Gasteiger partial charge in [-0.3, -0.25) is 19.4 Å². The van der Waals surface area contributed by atoms with E-state index < -0.39 is 55.0 Å². The Hall–Kier alpha value is -2.90. The number of ketones is 1. The summed E-state index contributed by atoms with van der Waals surface area (Å²) in [5.41, 5.74) is 0.961. The minimum absolute atomic E-state index is 0.333. The second-order valence-corrected chi connectivity index (χ2v) is 7.21. The quantitative estimate of drug-likeness (QED) is 0.852. The number of nitrogens with zero attached hydrogens (tertiary/aromatic N) is 2. The molecule has 3 rings (SSSR count). The molecule has 1 fully saturated rings. The molecule has 0 saturated carbocycles. The monoisotopic (exact) mass is 389 g/mol. The number of fused-ring (bicyclic) bond motifs is 1. The highest BCUT2D eigenvalue weighted by Crippen LogP contribution is 2.33. The van der Waals surface area contributed by atoms with Crippen molar-refractivity contribution in [2.45, 2.75) is 32.2 Å². The van der Waals surface area contributed by atoms with Crippen LogP contribution in [0.3, 0.4) is 0 Å². The van der Waals surface area contributed by atoms with Crippen molar-refractivity contribution in [2.24, 2.45) is 5.92 Å². The minimum atomic E-state index is -3.11. The van der Waals surface area contributed by atoms with Gasteiger partial charge in [0, 0.05) is 23.9 Å². The van der Waals surface area contributed by atoms with Gasteiger partial charge in [-0.15, -0.1) is 0 Å². The van der Waals surface area contributed by atoms with Gasteiger partial charge in [0.25, 0.3) is 11.8 Å². The zero-order valence-electron chi connectivity index (χ0n) is 15.6. The van der Waals surface area contributed by atoms with Crippen molar-refractivity contribution in [1.29, 1.82) is 0 Å². The van der Waals surface area contributed by atoms with Crippen LogP contribution in [0.1, 0.15) is 30.6 Å². The zero-order chi connectivity index (χ0) is 20.5. The third kappa shape index (κ3) is 4.00. The number of halogens is 2. The van der Waals surface area contributed by atoms with Crippen LogP contribution in [-0.2, 0) is 9.59 Å². The zero-order valence-corrected chi connectivity index (χ0v) is 15.6. The number of carbonyl (C=O) groups excluding carboxylic acids is 3. The number of benzene rings is 1. The first-order chi connectivity index (χ1) is 13.2. The Morgan fingerprint density at radius 1 is 1.25 bits per heavy atom. The molecule has 2 amide bonds. The standard InChI is InChI=1S/C20H21F2N3O3/c1-12(2)18(27)16-9-20(21,22)11-25(16)17(26)10-24-19(28)14-7-8-23-15-6-4-3-5-13(14)15/h3-8,12,16H,9-11H2,1-2H3,(H,24,28). The number of nitrogens with one attached hydrogen (secondary N) is 1. The number of alkyl halides is 2. The Kier molecular flexibility index (Phi) is 5.40. The van der Waals surface area contributed by atoms with E-state index in [2.05, 4.69) is 10.3 Å². The number of aromatic nitrogens is 1. The second-order valence-electron chi connectivity index (χ2n) is 7.21. The number of para-hydroxylation sites is 1. The first-order valence-corrected chi connectivity index (χ1v) is 9.02. The Labute approximate surface area is 160 Å². The van der Waals surface area contributed by atoms with E-state index in [1.54, 1.807) is 38.1 Å². The molecule has 1 atom stereocenters. The van der Waals surface area contributed by atoms with Gasteiger partial charge < -0.3 is 10.2 Å². The molecular formula is C20H21F2N3O3. The molecule has 2 aromatic rings. The number of hydrogen-bond donors (Lipinski definition) is 1. The normalized spacial score (nSPS) is 18.5. The number of Topliss-reactive ketones (excluding diaryl/α,β-unsaturated/α-hetero) is 1. The van der Waals surface area contributed by atoms with Crippen molar-refractivity contribution in [3.05, 3.63) is 42.1 Å². The Morgan fingerprint density at radius 3 is 2.68 bits per heavy atom. The summed E-state index contributed by atoms with van der Waals surface area (Å²) in [4.78, 5) is 42.3. The Balaban J connectivity index is 1.72. The molecule has 1 aliphatic rings. The summed E-state index contributed by atoms with van der Waals surface area (Å²) < 4.78 is 27.7. The smallest absolute Gasteiger partial charge is 0.267 e. The number of likely N-dealkylation sites (tertiary alicyclic amines) is 1. The summed E-state index contributed by atoms with van der Waals surface area (Å²) in [7, 11) is 0. The fourth-order valence-corrected chi connectivity index (χ4v) is 3.36. The topological polar surface area (TPSA) is 79.4 Å². The molecule has 6 nitrogen and oxygen atoms in total. The molecule has 0 radical (unpaired) electrons. The van der Waals surface area contributed by atoms with Crippen molar-refractivity contribution < 1.29 is 23.2 Å². The van der Waals surface area contributed by atoms with E-state index in [1.165, 1.54) is 12.3 Å². The van der Waals surface area contributed by atoms with Gasteiger partial charge in [0.1, 0.15) is 0 Å². The number of hydrogen-bond acceptors (Lipinski definition) is 4. The maximum absolute atomic E-state index is 13.8. The van der Waals surface area contributed by atoms with E-state index in [9.17, 15) is 23.2 Å². The van der Waals surface area contributed by atoms with E-state index in [0.29, 0.717) is 16.5 Å². The van der Waals surface area contributed by atoms with E-state index >= 15 is 0 Å². The maximum Gasteiger partial charge on any atom is 0.267 e. The molecule has 0 aliphatic carbocycles. The lowest BCUT2D eigenvalue weighted by Gasteiger charge is -2.24. The molecule has 0 bridgehead atoms. The molecule has 1 saturated heterocycles. The van der Waals surface area contributed by atoms with Crippen molar-refractivity contribution >= 4 is 28.5 Å². The van der Waals surface area contributed by atoms with Crippen LogP contribution in [0.5, 0.6) is 0 Å². The fraction of sp³-hybridized carbons (Fsp3) is 0.400. The molecule has 1 unspecified atom stereocenters. The first kappa shape index (κ1) is 19.9. The van der Waals surface area contributed by atoms with Crippen LogP contribution in [-0.4, -0.2) is 52.5 Å². The van der Waals surface area contributed by atoms with Crippen LogP contribution < -0.4 is 5.32 Å². The third-order valence-corrected chi connectivity index (χ3v) is 4.78. The molecule has 8 heteroatoms. The SMILES string of the molecule is CC(C)C(=O)C1CC(F)(F)CN1C(=O)CNC(=O)c1ccnc2ccccc12. The molecule has 1 N–H and O–H groups in total.